The van der Waals surface area contributed by atoms with Crippen molar-refractivity contribution in [3.63, 3.8) is 0 Å². The number of rotatable bonds is 6. The van der Waals surface area contributed by atoms with E-state index in [4.69, 9.17) is 4.74 Å². The van der Waals surface area contributed by atoms with Crippen molar-refractivity contribution in [1.29, 1.82) is 0 Å². The van der Waals surface area contributed by atoms with Gasteiger partial charge in [0, 0.05) is 0 Å². The fourth-order valence-corrected chi connectivity index (χ4v) is 1.90. The van der Waals surface area contributed by atoms with Crippen LogP contribution in [0.4, 0.5) is 26.3 Å². The number of hydrogen-bond acceptors (Lipinski definition) is 2. The highest BCUT2D eigenvalue weighted by atomic mass is 19.4. The van der Waals surface area contributed by atoms with Crippen LogP contribution in [0.3, 0.4) is 0 Å². The number of halogens is 6. The fraction of sp³-hybridized carbons (Fsp3) is 1.00. The van der Waals surface area contributed by atoms with Gasteiger partial charge < -0.3 is 9.47 Å². The van der Waals surface area contributed by atoms with Gasteiger partial charge in [0.05, 0.1) is 19.3 Å². The molecular weight excluding hydrogens is 326 g/mol. The Labute approximate surface area is 133 Å². The molecule has 0 aromatic carbocycles. The zero-order valence-corrected chi connectivity index (χ0v) is 14.4. The lowest BCUT2D eigenvalue weighted by molar-refractivity contribution is -0.323. The van der Waals surface area contributed by atoms with Gasteiger partial charge in [0.2, 0.25) is 6.10 Å². The molecule has 0 heterocycles. The van der Waals surface area contributed by atoms with Crippen molar-refractivity contribution in [1.82, 2.24) is 0 Å². The third-order valence-electron chi connectivity index (χ3n) is 3.05. The summed E-state index contributed by atoms with van der Waals surface area (Å²) >= 11 is 0. The molecule has 0 saturated heterocycles. The van der Waals surface area contributed by atoms with E-state index in [1.165, 1.54) is 0 Å². The van der Waals surface area contributed by atoms with Crippen molar-refractivity contribution in [2.75, 3.05) is 13.2 Å². The van der Waals surface area contributed by atoms with E-state index >= 15 is 0 Å². The summed E-state index contributed by atoms with van der Waals surface area (Å²) in [5.74, 6) is 0. The number of hydrogen-bond donors (Lipinski definition) is 0. The summed E-state index contributed by atoms with van der Waals surface area (Å²) in [6, 6.07) is 0. The van der Waals surface area contributed by atoms with E-state index in [0.717, 1.165) is 0 Å². The van der Waals surface area contributed by atoms with Gasteiger partial charge in [-0.3, -0.25) is 0 Å². The lowest BCUT2D eigenvalue weighted by Crippen LogP contribution is -2.45. The molecule has 0 N–H and O–H groups in total. The molecule has 0 spiro atoms. The second kappa shape index (κ2) is 7.59. The smallest absolute Gasteiger partial charge is 0.375 e. The Balaban J connectivity index is 4.61. The van der Waals surface area contributed by atoms with Gasteiger partial charge in [0.15, 0.2) is 0 Å². The Hall–Kier alpha value is -0.500. The fourth-order valence-electron chi connectivity index (χ4n) is 1.90. The number of alkyl halides is 6. The van der Waals surface area contributed by atoms with Gasteiger partial charge in [-0.05, 0) is 17.3 Å². The summed E-state index contributed by atoms with van der Waals surface area (Å²) in [6.07, 6.45) is -14.4. The lowest BCUT2D eigenvalue weighted by Gasteiger charge is -2.35. The quantitative estimate of drug-likeness (QED) is 0.473. The molecule has 2 nitrogen and oxygen atoms in total. The van der Waals surface area contributed by atoms with E-state index < -0.39 is 25.1 Å². The van der Waals surface area contributed by atoms with E-state index in [1.807, 2.05) is 41.5 Å². The van der Waals surface area contributed by atoms with Crippen LogP contribution in [0.2, 0.25) is 0 Å². The van der Waals surface area contributed by atoms with Crippen LogP contribution in [0.25, 0.3) is 0 Å². The van der Waals surface area contributed by atoms with E-state index in [2.05, 4.69) is 4.74 Å². The first-order valence-electron chi connectivity index (χ1n) is 7.31. The molecule has 0 fully saturated rings. The molecule has 1 atom stereocenters. The molecule has 0 rings (SSSR count). The minimum atomic E-state index is -5.49. The van der Waals surface area contributed by atoms with Crippen LogP contribution in [0.15, 0.2) is 0 Å². The topological polar surface area (TPSA) is 18.5 Å². The normalized spacial score (nSPS) is 16.0. The third kappa shape index (κ3) is 9.39. The summed E-state index contributed by atoms with van der Waals surface area (Å²) in [7, 11) is 0. The van der Waals surface area contributed by atoms with Gasteiger partial charge in [-0.15, -0.1) is 0 Å². The molecular formula is C15H26F6O2. The third-order valence-corrected chi connectivity index (χ3v) is 3.05. The molecule has 23 heavy (non-hydrogen) atoms. The Morgan fingerprint density at radius 2 is 1.09 bits per heavy atom. The maximum Gasteiger partial charge on any atom is 0.423 e. The first kappa shape index (κ1) is 22.5. The van der Waals surface area contributed by atoms with Crippen LogP contribution in [0, 0.1) is 10.8 Å². The van der Waals surface area contributed by atoms with E-state index in [-0.39, 0.29) is 23.5 Å². The summed E-state index contributed by atoms with van der Waals surface area (Å²) in [5, 5.41) is 0. The minimum absolute atomic E-state index is 0.0840. The van der Waals surface area contributed by atoms with Crippen LogP contribution < -0.4 is 0 Å². The molecule has 0 aromatic heterocycles. The molecule has 0 radical (unpaired) electrons. The Kier molecular flexibility index (Phi) is 7.43. The molecule has 1 unspecified atom stereocenters. The lowest BCUT2D eigenvalue weighted by atomic mass is 9.78. The van der Waals surface area contributed by atoms with Crippen molar-refractivity contribution >= 4 is 0 Å². The minimum Gasteiger partial charge on any atom is -0.375 e. The van der Waals surface area contributed by atoms with Gasteiger partial charge >= 0.3 is 12.4 Å². The van der Waals surface area contributed by atoms with Crippen molar-refractivity contribution in [3.8, 4) is 0 Å². The van der Waals surface area contributed by atoms with Crippen LogP contribution >= 0.6 is 0 Å². The second-order valence-electron chi connectivity index (χ2n) is 7.82. The maximum atomic E-state index is 12.3. The van der Waals surface area contributed by atoms with Gasteiger partial charge in [-0.25, -0.2) is 0 Å². The SMILES string of the molecule is CC(C)(C)CC(OCCOC(C(F)(F)F)C(F)(F)F)C(C)(C)C. The first-order chi connectivity index (χ1) is 9.94. The molecule has 0 aliphatic rings. The van der Waals surface area contributed by atoms with E-state index in [9.17, 15) is 26.3 Å². The standard InChI is InChI=1S/C15H26F6O2/c1-12(2,3)9-10(13(4,5)6)22-7-8-23-11(14(16,17)18)15(19,20)21/h10-11H,7-9H2,1-6H3. The molecule has 0 aromatic rings. The average Bonchev–Trinajstić information content (AvgIpc) is 2.20. The predicted molar refractivity (Wildman–Crippen MR) is 75.1 cm³/mol. The summed E-state index contributed by atoms with van der Waals surface area (Å²) < 4.78 is 83.5. The average molecular weight is 352 g/mol. The van der Waals surface area contributed by atoms with Gasteiger partial charge in [-0.1, -0.05) is 41.5 Å². The van der Waals surface area contributed by atoms with Crippen LogP contribution in [0.5, 0.6) is 0 Å². The molecule has 0 saturated carbocycles. The van der Waals surface area contributed by atoms with Crippen molar-refractivity contribution in [3.05, 3.63) is 0 Å². The highest BCUT2D eigenvalue weighted by molar-refractivity contribution is 4.80. The summed E-state index contributed by atoms with van der Waals surface area (Å²) in [4.78, 5) is 0. The number of ether oxygens (including phenoxy) is 2. The van der Waals surface area contributed by atoms with Crippen molar-refractivity contribution < 1.29 is 35.8 Å². The molecule has 0 bridgehead atoms. The maximum absolute atomic E-state index is 12.3. The van der Waals surface area contributed by atoms with Crippen molar-refractivity contribution in [2.24, 2.45) is 10.8 Å². The molecule has 0 aliphatic carbocycles. The zero-order chi connectivity index (χ0) is 18.7. The highest BCUT2D eigenvalue weighted by Gasteiger charge is 2.57. The summed E-state index contributed by atoms with van der Waals surface area (Å²) in [5.41, 5.74) is -0.375. The molecule has 0 aliphatic heterocycles. The van der Waals surface area contributed by atoms with Gasteiger partial charge in [0.25, 0.3) is 0 Å². The summed E-state index contributed by atoms with van der Waals surface area (Å²) in [6.45, 7) is 10.5. The van der Waals surface area contributed by atoms with Crippen molar-refractivity contribution in [2.45, 2.75) is 72.5 Å². The first-order valence-corrected chi connectivity index (χ1v) is 7.31. The zero-order valence-electron chi connectivity index (χ0n) is 14.4. The second-order valence-corrected chi connectivity index (χ2v) is 7.82. The van der Waals surface area contributed by atoms with E-state index in [0.29, 0.717) is 6.42 Å². The molecule has 8 heteroatoms. The van der Waals surface area contributed by atoms with Crippen LogP contribution in [0.1, 0.15) is 48.0 Å². The Bertz CT molecular complexity index is 335. The molecule has 140 valence electrons. The van der Waals surface area contributed by atoms with E-state index in [1.54, 1.807) is 0 Å². The Morgan fingerprint density at radius 1 is 0.696 bits per heavy atom. The predicted octanol–water partition coefficient (Wildman–Crippen LogP) is 5.36. The molecule has 0 amide bonds. The van der Waals surface area contributed by atoms with Gasteiger partial charge in [-0.2, -0.15) is 26.3 Å². The highest BCUT2D eigenvalue weighted by Crippen LogP contribution is 2.36. The van der Waals surface area contributed by atoms with Gasteiger partial charge in [0.1, 0.15) is 0 Å². The monoisotopic (exact) mass is 352 g/mol. The van der Waals surface area contributed by atoms with Crippen LogP contribution in [-0.4, -0.2) is 37.8 Å². The Morgan fingerprint density at radius 3 is 1.39 bits per heavy atom. The largest absolute Gasteiger partial charge is 0.423 e. The van der Waals surface area contributed by atoms with Crippen LogP contribution in [-0.2, 0) is 9.47 Å².